The number of benzene rings is 2. The van der Waals surface area contributed by atoms with Crippen LogP contribution < -0.4 is 5.32 Å². The van der Waals surface area contributed by atoms with Crippen LogP contribution in [0.1, 0.15) is 42.8 Å². The first-order valence-corrected chi connectivity index (χ1v) is 8.25. The third-order valence-electron chi connectivity index (χ3n) is 3.71. The summed E-state index contributed by atoms with van der Waals surface area (Å²) in [4.78, 5) is 12.1. The van der Waals surface area contributed by atoms with Gasteiger partial charge in [0.25, 0.3) is 5.91 Å². The zero-order valence-electron chi connectivity index (χ0n) is 14.5. The second kappa shape index (κ2) is 8.62. The number of ether oxygens (including phenoxy) is 1. The summed E-state index contributed by atoms with van der Waals surface area (Å²) in [5.41, 5.74) is 3.60. The number of carbonyl (C=O) groups is 1. The monoisotopic (exact) mass is 327 g/mol. The van der Waals surface area contributed by atoms with Crippen molar-refractivity contribution in [2.24, 2.45) is 0 Å². The molecule has 0 radical (unpaired) electrons. The number of hydrogen-bond acceptors (Lipinski definition) is 3. The van der Waals surface area contributed by atoms with Gasteiger partial charge in [-0.3, -0.25) is 4.79 Å². The van der Waals surface area contributed by atoms with E-state index < -0.39 is 6.10 Å². The number of rotatable bonds is 7. The first-order chi connectivity index (χ1) is 11.5. The molecule has 128 valence electrons. The fourth-order valence-electron chi connectivity index (χ4n) is 2.33. The lowest BCUT2D eigenvalue weighted by atomic mass is 10.0. The van der Waals surface area contributed by atoms with Gasteiger partial charge in [0.05, 0.1) is 18.8 Å². The van der Waals surface area contributed by atoms with Crippen LogP contribution in [0.2, 0.25) is 0 Å². The number of carbonyl (C=O) groups excluding carboxylic acids is 1. The molecule has 1 atom stereocenters. The van der Waals surface area contributed by atoms with Crippen LogP contribution >= 0.6 is 0 Å². The van der Waals surface area contributed by atoms with Crippen LogP contribution in [-0.2, 0) is 4.74 Å². The van der Waals surface area contributed by atoms with E-state index in [-0.39, 0.29) is 12.0 Å². The van der Waals surface area contributed by atoms with Crippen LogP contribution in [0.5, 0.6) is 0 Å². The van der Waals surface area contributed by atoms with Gasteiger partial charge in [-0.15, -0.1) is 0 Å². The number of nitrogens with one attached hydrogen (secondary N) is 1. The van der Waals surface area contributed by atoms with Gasteiger partial charge >= 0.3 is 0 Å². The maximum atomic E-state index is 12.1. The summed E-state index contributed by atoms with van der Waals surface area (Å²) in [6.07, 6.45) is -0.300. The molecule has 0 unspecified atom stereocenters. The minimum Gasteiger partial charge on any atom is -0.389 e. The summed E-state index contributed by atoms with van der Waals surface area (Å²) in [5, 5.41) is 12.4. The molecule has 0 aromatic heterocycles. The lowest BCUT2D eigenvalue weighted by molar-refractivity contribution is 0.0746. The molecule has 1 amide bonds. The van der Waals surface area contributed by atoms with Gasteiger partial charge < -0.3 is 15.2 Å². The first-order valence-electron chi connectivity index (χ1n) is 8.25. The summed E-state index contributed by atoms with van der Waals surface area (Å²) >= 11 is 0. The highest BCUT2D eigenvalue weighted by Gasteiger charge is 2.06. The summed E-state index contributed by atoms with van der Waals surface area (Å²) in [7, 11) is 0. The molecule has 4 nitrogen and oxygen atoms in total. The van der Waals surface area contributed by atoms with E-state index in [9.17, 15) is 9.90 Å². The minimum absolute atomic E-state index is 0.0987. The molecule has 0 fully saturated rings. The van der Waals surface area contributed by atoms with Crippen LogP contribution in [0.3, 0.4) is 0 Å². The molecule has 0 spiro atoms. The average Bonchev–Trinajstić information content (AvgIpc) is 2.58. The van der Waals surface area contributed by atoms with Crippen molar-refractivity contribution < 1.29 is 14.6 Å². The largest absolute Gasteiger partial charge is 0.389 e. The Morgan fingerprint density at radius 2 is 1.54 bits per heavy atom. The predicted molar refractivity (Wildman–Crippen MR) is 95.9 cm³/mol. The Morgan fingerprint density at radius 3 is 2.04 bits per heavy atom. The van der Waals surface area contributed by atoms with E-state index in [1.165, 1.54) is 0 Å². The lowest BCUT2D eigenvalue weighted by Gasteiger charge is -2.09. The highest BCUT2D eigenvalue weighted by molar-refractivity contribution is 5.94. The van der Waals surface area contributed by atoms with E-state index in [1.807, 2.05) is 62.4 Å². The molecule has 2 N–H and O–H groups in total. The molecule has 0 saturated heterocycles. The zero-order chi connectivity index (χ0) is 17.5. The molecule has 0 heterocycles. The zero-order valence-corrected chi connectivity index (χ0v) is 14.5. The molecule has 2 aromatic carbocycles. The van der Waals surface area contributed by atoms with Crippen molar-refractivity contribution in [2.45, 2.75) is 33.0 Å². The van der Waals surface area contributed by atoms with Crippen molar-refractivity contribution in [1.29, 1.82) is 0 Å². The Kier molecular flexibility index (Phi) is 6.53. The SMILES string of the molecule is CC(C)OCCNC(=O)c1ccc(-c2ccc([C@H](C)O)cc2)cc1. The van der Waals surface area contributed by atoms with Crippen molar-refractivity contribution in [1.82, 2.24) is 5.32 Å². The van der Waals surface area contributed by atoms with Gasteiger partial charge in [0, 0.05) is 12.1 Å². The molecule has 2 rings (SSSR count). The van der Waals surface area contributed by atoms with Crippen LogP contribution in [-0.4, -0.2) is 30.3 Å². The fourth-order valence-corrected chi connectivity index (χ4v) is 2.33. The van der Waals surface area contributed by atoms with E-state index in [4.69, 9.17) is 4.74 Å². The number of amides is 1. The van der Waals surface area contributed by atoms with Crippen molar-refractivity contribution in [3.8, 4) is 11.1 Å². The van der Waals surface area contributed by atoms with Crippen molar-refractivity contribution in [2.75, 3.05) is 13.2 Å². The molecule has 4 heteroatoms. The number of aliphatic hydroxyl groups is 1. The van der Waals surface area contributed by atoms with E-state index in [0.717, 1.165) is 16.7 Å². The second-order valence-electron chi connectivity index (χ2n) is 6.05. The quantitative estimate of drug-likeness (QED) is 0.765. The Bertz CT molecular complexity index is 646. The second-order valence-corrected chi connectivity index (χ2v) is 6.05. The van der Waals surface area contributed by atoms with Crippen molar-refractivity contribution >= 4 is 5.91 Å². The smallest absolute Gasteiger partial charge is 0.251 e. The minimum atomic E-state index is -0.468. The molecular formula is C20H25NO3. The van der Waals surface area contributed by atoms with Gasteiger partial charge in [0.1, 0.15) is 0 Å². The van der Waals surface area contributed by atoms with E-state index >= 15 is 0 Å². The Labute approximate surface area is 143 Å². The number of aliphatic hydroxyl groups excluding tert-OH is 1. The summed E-state index contributed by atoms with van der Waals surface area (Å²) in [6, 6.07) is 15.3. The van der Waals surface area contributed by atoms with Gasteiger partial charge in [-0.05, 0) is 49.6 Å². The average molecular weight is 327 g/mol. The van der Waals surface area contributed by atoms with E-state index in [1.54, 1.807) is 6.92 Å². The third kappa shape index (κ3) is 5.18. The van der Waals surface area contributed by atoms with Gasteiger partial charge in [-0.25, -0.2) is 0 Å². The van der Waals surface area contributed by atoms with Gasteiger partial charge in [0.15, 0.2) is 0 Å². The topological polar surface area (TPSA) is 58.6 Å². The van der Waals surface area contributed by atoms with Crippen molar-refractivity contribution in [3.05, 3.63) is 59.7 Å². The maximum absolute atomic E-state index is 12.1. The highest BCUT2D eigenvalue weighted by Crippen LogP contribution is 2.22. The Morgan fingerprint density at radius 1 is 1.00 bits per heavy atom. The summed E-state index contributed by atoms with van der Waals surface area (Å²) in [6.45, 7) is 6.69. The third-order valence-corrected chi connectivity index (χ3v) is 3.71. The molecular weight excluding hydrogens is 302 g/mol. The van der Waals surface area contributed by atoms with Gasteiger partial charge in [0.2, 0.25) is 0 Å². The van der Waals surface area contributed by atoms with Crippen LogP contribution in [0.4, 0.5) is 0 Å². The van der Waals surface area contributed by atoms with E-state index in [2.05, 4.69) is 5.32 Å². The van der Waals surface area contributed by atoms with Crippen LogP contribution in [0.15, 0.2) is 48.5 Å². The molecule has 0 saturated carbocycles. The molecule has 0 aliphatic heterocycles. The van der Waals surface area contributed by atoms with Crippen LogP contribution in [0.25, 0.3) is 11.1 Å². The van der Waals surface area contributed by atoms with Crippen molar-refractivity contribution in [3.63, 3.8) is 0 Å². The molecule has 0 aliphatic rings. The standard InChI is InChI=1S/C20H25NO3/c1-14(2)24-13-12-21-20(23)19-10-8-18(9-11-19)17-6-4-16(5-7-17)15(3)22/h4-11,14-15,22H,12-13H2,1-3H3,(H,21,23)/t15-/m0/s1. The maximum Gasteiger partial charge on any atom is 0.251 e. The summed E-state index contributed by atoms with van der Waals surface area (Å²) in [5.74, 6) is -0.0987. The highest BCUT2D eigenvalue weighted by atomic mass is 16.5. The van der Waals surface area contributed by atoms with E-state index in [0.29, 0.717) is 18.7 Å². The predicted octanol–water partition coefficient (Wildman–Crippen LogP) is 3.56. The van der Waals surface area contributed by atoms with Gasteiger partial charge in [-0.2, -0.15) is 0 Å². The van der Waals surface area contributed by atoms with Crippen LogP contribution in [0, 0.1) is 0 Å². The fraction of sp³-hybridized carbons (Fsp3) is 0.350. The Balaban J connectivity index is 1.95. The molecule has 0 aliphatic carbocycles. The number of hydrogen-bond donors (Lipinski definition) is 2. The molecule has 2 aromatic rings. The Hall–Kier alpha value is -2.17. The lowest BCUT2D eigenvalue weighted by Crippen LogP contribution is -2.27. The normalized spacial score (nSPS) is 12.2. The first kappa shape index (κ1) is 18.2. The van der Waals surface area contributed by atoms with Gasteiger partial charge in [-0.1, -0.05) is 36.4 Å². The summed E-state index contributed by atoms with van der Waals surface area (Å²) < 4.78 is 5.40. The molecule has 0 bridgehead atoms. The molecule has 24 heavy (non-hydrogen) atoms.